The molecule has 4 rings (SSSR count). The first-order valence-corrected chi connectivity index (χ1v) is 11.8. The van der Waals surface area contributed by atoms with Crippen molar-refractivity contribution in [3.63, 3.8) is 0 Å². The molecule has 164 valence electrons. The number of nitro benzene ring substituents is 1. The van der Waals surface area contributed by atoms with Crippen LogP contribution in [0, 0.1) is 21.8 Å². The molecule has 0 bridgehead atoms. The molecule has 11 heteroatoms. The van der Waals surface area contributed by atoms with Crippen LogP contribution in [0.25, 0.3) is 0 Å². The standard InChI is InChI=1S/C19H23F2N3O5S/c20-12-1-2-16(17(9-12)24(26)27)22-13-3-6-29-19(11-13)4-7-30(28,8-5-19)23-18(25)14-10-15(14)21/h1-2,9,13-15,22H,3-8,10-11H2. The van der Waals surface area contributed by atoms with Crippen molar-refractivity contribution in [1.82, 2.24) is 0 Å². The van der Waals surface area contributed by atoms with E-state index in [1.165, 1.54) is 12.1 Å². The minimum atomic E-state index is -2.71. The van der Waals surface area contributed by atoms with Crippen LogP contribution in [-0.2, 0) is 19.3 Å². The number of alkyl halides is 1. The maximum absolute atomic E-state index is 13.4. The minimum absolute atomic E-state index is 0.130. The van der Waals surface area contributed by atoms with Gasteiger partial charge in [-0.15, -0.1) is 0 Å². The fourth-order valence-corrected chi connectivity index (χ4v) is 6.39. The van der Waals surface area contributed by atoms with E-state index in [1.54, 1.807) is 0 Å². The van der Waals surface area contributed by atoms with Gasteiger partial charge in [0.1, 0.15) is 17.7 Å². The molecule has 3 fully saturated rings. The topological polar surface area (TPSA) is 111 Å². The molecule has 1 saturated carbocycles. The predicted octanol–water partition coefficient (Wildman–Crippen LogP) is 3.21. The van der Waals surface area contributed by atoms with Gasteiger partial charge < -0.3 is 10.1 Å². The Morgan fingerprint density at radius 3 is 2.70 bits per heavy atom. The minimum Gasteiger partial charge on any atom is -0.377 e. The number of carbonyl (C=O) groups excluding carboxylic acids is 1. The first kappa shape index (κ1) is 21.1. The molecular weight excluding hydrogens is 420 g/mol. The van der Waals surface area contributed by atoms with Crippen LogP contribution in [0.1, 0.15) is 32.1 Å². The smallest absolute Gasteiger partial charge is 0.295 e. The molecule has 8 nitrogen and oxygen atoms in total. The third-order valence-corrected chi connectivity index (χ3v) is 8.25. The molecule has 2 heterocycles. The van der Waals surface area contributed by atoms with E-state index in [0.29, 0.717) is 32.3 Å². The highest BCUT2D eigenvalue weighted by molar-refractivity contribution is 7.93. The Labute approximate surface area is 172 Å². The van der Waals surface area contributed by atoms with E-state index in [9.17, 15) is 27.9 Å². The number of ether oxygens (including phenoxy) is 1. The molecule has 3 unspecified atom stereocenters. The number of hydrogen-bond donors (Lipinski definition) is 1. The summed E-state index contributed by atoms with van der Waals surface area (Å²) in [4.78, 5) is 22.5. The molecule has 3 aliphatic rings. The fraction of sp³-hybridized carbons (Fsp3) is 0.632. The van der Waals surface area contributed by atoms with Gasteiger partial charge in [0, 0.05) is 24.2 Å². The predicted molar refractivity (Wildman–Crippen MR) is 106 cm³/mol. The lowest BCUT2D eigenvalue weighted by atomic mass is 9.85. The second-order valence-corrected chi connectivity index (χ2v) is 10.8. The third-order valence-electron chi connectivity index (χ3n) is 6.05. The highest BCUT2D eigenvalue weighted by Gasteiger charge is 2.46. The van der Waals surface area contributed by atoms with Crippen LogP contribution < -0.4 is 5.32 Å². The third kappa shape index (κ3) is 4.46. The average molecular weight is 443 g/mol. The number of amides is 1. The SMILES string of the molecule is O=C(N=S1(=O)CCC2(CC1)CC(Nc1ccc(F)cc1[N+](=O)[O-])CCO2)C1CC1F. The summed E-state index contributed by atoms with van der Waals surface area (Å²) in [5.74, 6) is -1.61. The van der Waals surface area contributed by atoms with E-state index >= 15 is 0 Å². The normalized spacial score (nSPS) is 35.6. The van der Waals surface area contributed by atoms with Gasteiger partial charge in [-0.2, -0.15) is 4.36 Å². The van der Waals surface area contributed by atoms with Crippen LogP contribution in [0.4, 0.5) is 20.2 Å². The van der Waals surface area contributed by atoms with Gasteiger partial charge in [-0.05, 0) is 44.2 Å². The van der Waals surface area contributed by atoms with Crippen molar-refractivity contribution < 1.29 is 27.4 Å². The number of hydrogen-bond acceptors (Lipinski definition) is 6. The van der Waals surface area contributed by atoms with Gasteiger partial charge in [0.2, 0.25) is 0 Å². The van der Waals surface area contributed by atoms with Gasteiger partial charge in [0.05, 0.1) is 32.2 Å². The van der Waals surface area contributed by atoms with Crippen molar-refractivity contribution in [2.45, 2.75) is 49.9 Å². The first-order valence-electron chi connectivity index (χ1n) is 9.94. The van der Waals surface area contributed by atoms with Crippen molar-refractivity contribution in [1.29, 1.82) is 0 Å². The van der Waals surface area contributed by atoms with Crippen molar-refractivity contribution in [3.8, 4) is 0 Å². The Kier molecular flexibility index (Phi) is 5.52. The monoisotopic (exact) mass is 443 g/mol. The molecule has 1 N–H and O–H groups in total. The Morgan fingerprint density at radius 1 is 1.37 bits per heavy atom. The van der Waals surface area contributed by atoms with Crippen LogP contribution in [0.3, 0.4) is 0 Å². The summed E-state index contributed by atoms with van der Waals surface area (Å²) in [7, 11) is -2.71. The van der Waals surface area contributed by atoms with Gasteiger partial charge >= 0.3 is 0 Å². The molecular formula is C19H23F2N3O5S. The van der Waals surface area contributed by atoms with Crippen molar-refractivity contribution in [2.24, 2.45) is 10.3 Å². The number of nitrogens with one attached hydrogen (secondary N) is 1. The number of nitrogens with zero attached hydrogens (tertiary/aromatic N) is 2. The van der Waals surface area contributed by atoms with E-state index in [4.69, 9.17) is 4.74 Å². The van der Waals surface area contributed by atoms with Gasteiger partial charge in [-0.25, -0.2) is 13.0 Å². The van der Waals surface area contributed by atoms with Crippen LogP contribution in [0.5, 0.6) is 0 Å². The summed E-state index contributed by atoms with van der Waals surface area (Å²) in [5, 5.41) is 14.4. The van der Waals surface area contributed by atoms with Crippen LogP contribution in [-0.4, -0.2) is 51.0 Å². The first-order chi connectivity index (χ1) is 14.2. The lowest BCUT2D eigenvalue weighted by Crippen LogP contribution is -2.49. The average Bonchev–Trinajstić information content (AvgIpc) is 3.43. The molecule has 1 amide bonds. The summed E-state index contributed by atoms with van der Waals surface area (Å²) < 4.78 is 49.2. The number of nitro groups is 1. The number of anilines is 1. The summed E-state index contributed by atoms with van der Waals surface area (Å²) in [6, 6.07) is 3.27. The van der Waals surface area contributed by atoms with Crippen LogP contribution >= 0.6 is 0 Å². The lowest BCUT2D eigenvalue weighted by molar-refractivity contribution is -0.384. The Bertz CT molecular complexity index is 980. The zero-order chi connectivity index (χ0) is 21.5. The highest BCUT2D eigenvalue weighted by atomic mass is 32.2. The Morgan fingerprint density at radius 2 is 2.07 bits per heavy atom. The summed E-state index contributed by atoms with van der Waals surface area (Å²) in [6.45, 7) is 0.426. The van der Waals surface area contributed by atoms with E-state index < -0.39 is 44.1 Å². The van der Waals surface area contributed by atoms with Crippen molar-refractivity contribution in [3.05, 3.63) is 34.1 Å². The van der Waals surface area contributed by atoms with Crippen molar-refractivity contribution >= 4 is 27.0 Å². The maximum Gasteiger partial charge on any atom is 0.295 e. The number of benzene rings is 1. The quantitative estimate of drug-likeness (QED) is 0.565. The van der Waals surface area contributed by atoms with Crippen LogP contribution in [0.2, 0.25) is 0 Å². The molecule has 3 atom stereocenters. The molecule has 1 spiro atoms. The van der Waals surface area contributed by atoms with Crippen LogP contribution in [0.15, 0.2) is 22.6 Å². The zero-order valence-corrected chi connectivity index (χ0v) is 17.0. The number of rotatable bonds is 4. The van der Waals surface area contributed by atoms with Gasteiger partial charge in [-0.3, -0.25) is 14.9 Å². The molecule has 1 aromatic rings. The Balaban J connectivity index is 1.43. The van der Waals surface area contributed by atoms with E-state index in [2.05, 4.69) is 9.68 Å². The molecule has 1 aromatic carbocycles. The summed E-state index contributed by atoms with van der Waals surface area (Å²) in [6.07, 6.45) is 1.04. The van der Waals surface area contributed by atoms with E-state index in [0.717, 1.165) is 6.07 Å². The molecule has 2 aliphatic heterocycles. The summed E-state index contributed by atoms with van der Waals surface area (Å²) >= 11 is 0. The van der Waals surface area contributed by atoms with E-state index in [-0.39, 0.29) is 35.3 Å². The molecule has 0 radical (unpaired) electrons. The zero-order valence-electron chi connectivity index (χ0n) is 16.2. The second kappa shape index (κ2) is 7.84. The van der Waals surface area contributed by atoms with Gasteiger partial charge in [0.15, 0.2) is 0 Å². The number of carbonyl (C=O) groups is 1. The van der Waals surface area contributed by atoms with Gasteiger partial charge in [-0.1, -0.05) is 0 Å². The van der Waals surface area contributed by atoms with Crippen molar-refractivity contribution in [2.75, 3.05) is 23.4 Å². The molecule has 1 aliphatic carbocycles. The second-order valence-electron chi connectivity index (χ2n) is 8.25. The highest BCUT2D eigenvalue weighted by Crippen LogP contribution is 2.39. The summed E-state index contributed by atoms with van der Waals surface area (Å²) in [5.41, 5.74) is -0.633. The lowest BCUT2D eigenvalue weighted by Gasteiger charge is -2.44. The maximum atomic E-state index is 13.4. The Hall–Kier alpha value is -2.14. The molecule has 30 heavy (non-hydrogen) atoms. The number of halogens is 2. The molecule has 2 saturated heterocycles. The van der Waals surface area contributed by atoms with E-state index in [1.807, 2.05) is 0 Å². The molecule has 0 aromatic heterocycles. The van der Waals surface area contributed by atoms with Gasteiger partial charge in [0.25, 0.3) is 11.6 Å². The fourth-order valence-electron chi connectivity index (χ4n) is 4.16. The largest absolute Gasteiger partial charge is 0.377 e.